The number of nitrogens with zero attached hydrogens (tertiary/aromatic N) is 3. The second-order valence-electron chi connectivity index (χ2n) is 9.11. The number of alkyl halides is 6. The van der Waals surface area contributed by atoms with Crippen molar-refractivity contribution in [3.05, 3.63) is 22.4 Å². The zero-order valence-electron chi connectivity index (χ0n) is 20.6. The fraction of sp³-hybridized carbons (Fsp3) is 0.682. The summed E-state index contributed by atoms with van der Waals surface area (Å²) in [6.07, 6.45) is -8.25. The van der Waals surface area contributed by atoms with Crippen molar-refractivity contribution in [3.8, 4) is 0 Å². The summed E-state index contributed by atoms with van der Waals surface area (Å²) in [4.78, 5) is 37.9. The third kappa shape index (κ3) is 10.1. The molecule has 1 aromatic rings. The van der Waals surface area contributed by atoms with Crippen molar-refractivity contribution >= 4 is 29.2 Å². The molecule has 2 fully saturated rings. The molecule has 212 valence electrons. The van der Waals surface area contributed by atoms with Crippen LogP contribution in [0.3, 0.4) is 0 Å². The summed E-state index contributed by atoms with van der Waals surface area (Å²) < 4.78 is 63.5. The predicted octanol–water partition coefficient (Wildman–Crippen LogP) is 3.78. The van der Waals surface area contributed by atoms with E-state index in [2.05, 4.69) is 52.4 Å². The first-order chi connectivity index (χ1) is 16.9. The average molecular weight is 564 g/mol. The second-order valence-corrected chi connectivity index (χ2v) is 9.89. The van der Waals surface area contributed by atoms with Crippen molar-refractivity contribution in [1.82, 2.24) is 14.7 Å². The molecule has 1 spiro atoms. The second kappa shape index (κ2) is 13.4. The summed E-state index contributed by atoms with van der Waals surface area (Å²) in [5, 5.41) is 18.6. The van der Waals surface area contributed by atoms with E-state index in [1.165, 1.54) is 5.56 Å². The fourth-order valence-corrected chi connectivity index (χ4v) is 4.64. The van der Waals surface area contributed by atoms with E-state index in [-0.39, 0.29) is 5.54 Å². The number of thiophene rings is 1. The van der Waals surface area contributed by atoms with Crippen molar-refractivity contribution in [3.63, 3.8) is 0 Å². The first-order valence-electron chi connectivity index (χ1n) is 11.2. The lowest BCUT2D eigenvalue weighted by molar-refractivity contribution is -0.193. The zero-order chi connectivity index (χ0) is 28.6. The summed E-state index contributed by atoms with van der Waals surface area (Å²) in [5.74, 6) is -4.60. The molecule has 0 unspecified atom stereocenters. The van der Waals surface area contributed by atoms with E-state index in [1.54, 1.807) is 11.3 Å². The van der Waals surface area contributed by atoms with Gasteiger partial charge in [0.1, 0.15) is 5.54 Å². The maximum Gasteiger partial charge on any atom is 0.490 e. The lowest BCUT2D eigenvalue weighted by Crippen LogP contribution is -2.67. The average Bonchev–Trinajstić information content (AvgIpc) is 3.28. The first-order valence-corrected chi connectivity index (χ1v) is 12.2. The lowest BCUT2D eigenvalue weighted by Gasteiger charge is -2.52. The van der Waals surface area contributed by atoms with Gasteiger partial charge in [0.15, 0.2) is 0 Å². The van der Waals surface area contributed by atoms with Gasteiger partial charge in [0.25, 0.3) is 0 Å². The van der Waals surface area contributed by atoms with Crippen LogP contribution in [-0.4, -0.2) is 100 Å². The topological polar surface area (TPSA) is 101 Å². The van der Waals surface area contributed by atoms with E-state index >= 15 is 0 Å². The van der Waals surface area contributed by atoms with Gasteiger partial charge in [-0.2, -0.15) is 37.7 Å². The number of carboxylic acid groups (broad SMARTS) is 2. The molecule has 2 aliphatic heterocycles. The highest BCUT2D eigenvalue weighted by molar-refractivity contribution is 7.07. The number of carbonyl (C=O) groups excluding carboxylic acids is 1. The molecule has 37 heavy (non-hydrogen) atoms. The highest BCUT2D eigenvalue weighted by Gasteiger charge is 2.49. The lowest BCUT2D eigenvalue weighted by atomic mass is 9.82. The minimum atomic E-state index is -5.08. The molecule has 3 rings (SSSR count). The minimum absolute atomic E-state index is 0.252. The fourth-order valence-electron chi connectivity index (χ4n) is 3.98. The summed E-state index contributed by atoms with van der Waals surface area (Å²) >= 11 is 1.76. The number of carboxylic acids is 2. The molecule has 2 N–H and O–H groups in total. The summed E-state index contributed by atoms with van der Waals surface area (Å²) in [7, 11) is 2.14. The van der Waals surface area contributed by atoms with E-state index in [4.69, 9.17) is 19.8 Å². The molecular formula is C22H31F6N3O5S. The normalized spacial score (nSPS) is 18.6. The molecule has 0 aliphatic carbocycles. The Morgan fingerprint density at radius 3 is 1.86 bits per heavy atom. The Labute approximate surface area is 214 Å². The monoisotopic (exact) mass is 563 g/mol. The molecule has 15 heteroatoms. The Balaban J connectivity index is 0.000000404. The maximum absolute atomic E-state index is 13.1. The number of carbonyl (C=O) groups is 3. The SMILES string of the molecule is CC(C)CN1CCN(C)C2(CCN(Cc3ccsc3)CC2)C1=O.O=C(O)C(F)(F)F.O=C(O)C(F)(F)F. The number of likely N-dealkylation sites (tertiary alicyclic amines) is 1. The molecule has 0 saturated carbocycles. The molecule has 1 aromatic heterocycles. The molecule has 2 aliphatic rings. The van der Waals surface area contributed by atoms with Gasteiger partial charge in [-0.3, -0.25) is 14.6 Å². The smallest absolute Gasteiger partial charge is 0.475 e. The van der Waals surface area contributed by atoms with Gasteiger partial charge in [-0.05, 0) is 48.2 Å². The molecule has 3 heterocycles. The van der Waals surface area contributed by atoms with Crippen LogP contribution in [-0.2, 0) is 20.9 Å². The molecule has 2 saturated heterocycles. The highest BCUT2D eigenvalue weighted by Crippen LogP contribution is 2.33. The molecule has 0 aromatic carbocycles. The van der Waals surface area contributed by atoms with Gasteiger partial charge in [-0.15, -0.1) is 0 Å². The van der Waals surface area contributed by atoms with Crippen LogP contribution < -0.4 is 0 Å². The van der Waals surface area contributed by atoms with Gasteiger partial charge in [0.05, 0.1) is 0 Å². The van der Waals surface area contributed by atoms with Crippen LogP contribution in [0.2, 0.25) is 0 Å². The quantitative estimate of drug-likeness (QED) is 0.538. The summed E-state index contributed by atoms with van der Waals surface area (Å²) in [5.41, 5.74) is 1.15. The van der Waals surface area contributed by atoms with E-state index in [0.717, 1.165) is 52.1 Å². The van der Waals surface area contributed by atoms with Crippen molar-refractivity contribution in [2.75, 3.05) is 39.8 Å². The van der Waals surface area contributed by atoms with Crippen LogP contribution in [0.1, 0.15) is 32.3 Å². The standard InChI is InChI=1S/C18H29N3OS.2C2HF3O2/c1-15(2)12-21-10-9-19(3)18(17(21)22)5-7-20(8-6-18)13-16-4-11-23-14-16;2*3-2(4,5)1(6)7/h4,11,14-15H,5-10,12-13H2,1-3H3;2*(H,6,7). The molecule has 0 atom stereocenters. The van der Waals surface area contributed by atoms with Gasteiger partial charge < -0.3 is 15.1 Å². The van der Waals surface area contributed by atoms with Crippen LogP contribution >= 0.6 is 11.3 Å². The number of piperidine rings is 1. The number of hydrogen-bond acceptors (Lipinski definition) is 6. The Bertz CT molecular complexity index is 860. The number of piperazine rings is 1. The zero-order valence-corrected chi connectivity index (χ0v) is 21.4. The van der Waals surface area contributed by atoms with E-state index in [1.807, 2.05) is 0 Å². The van der Waals surface area contributed by atoms with Gasteiger partial charge in [0, 0.05) is 39.3 Å². The van der Waals surface area contributed by atoms with Crippen LogP contribution in [0.25, 0.3) is 0 Å². The van der Waals surface area contributed by atoms with E-state index in [0.29, 0.717) is 11.8 Å². The number of likely N-dealkylation sites (N-methyl/N-ethyl adjacent to an activating group) is 1. The van der Waals surface area contributed by atoms with Gasteiger partial charge in [-0.25, -0.2) is 9.59 Å². The Hall–Kier alpha value is -2.39. The van der Waals surface area contributed by atoms with Gasteiger partial charge in [-0.1, -0.05) is 13.8 Å². The number of aliphatic carboxylic acids is 2. The highest BCUT2D eigenvalue weighted by atomic mass is 32.1. The molecule has 0 radical (unpaired) electrons. The summed E-state index contributed by atoms with van der Waals surface area (Å²) in [6.45, 7) is 10.2. The maximum atomic E-state index is 13.1. The molecular weight excluding hydrogens is 532 g/mol. The third-order valence-corrected chi connectivity index (χ3v) is 6.59. The third-order valence-electron chi connectivity index (χ3n) is 5.86. The number of halogens is 6. The number of amides is 1. The number of rotatable bonds is 4. The Morgan fingerprint density at radius 2 is 1.49 bits per heavy atom. The van der Waals surface area contributed by atoms with Crippen molar-refractivity contribution in [2.24, 2.45) is 5.92 Å². The Morgan fingerprint density at radius 1 is 1.00 bits per heavy atom. The van der Waals surface area contributed by atoms with Crippen molar-refractivity contribution < 1.29 is 50.9 Å². The van der Waals surface area contributed by atoms with Crippen LogP contribution in [0.15, 0.2) is 16.8 Å². The van der Waals surface area contributed by atoms with Crippen LogP contribution in [0.4, 0.5) is 26.3 Å². The van der Waals surface area contributed by atoms with Crippen molar-refractivity contribution in [2.45, 2.75) is 51.1 Å². The first kappa shape index (κ1) is 32.6. The largest absolute Gasteiger partial charge is 0.490 e. The van der Waals surface area contributed by atoms with Crippen LogP contribution in [0.5, 0.6) is 0 Å². The van der Waals surface area contributed by atoms with Crippen molar-refractivity contribution in [1.29, 1.82) is 0 Å². The molecule has 0 bridgehead atoms. The minimum Gasteiger partial charge on any atom is -0.475 e. The summed E-state index contributed by atoms with van der Waals surface area (Å²) in [6, 6.07) is 2.21. The Kier molecular flexibility index (Phi) is 11.8. The van der Waals surface area contributed by atoms with Gasteiger partial charge in [0.2, 0.25) is 5.91 Å². The molecule has 8 nitrogen and oxygen atoms in total. The van der Waals surface area contributed by atoms with Gasteiger partial charge >= 0.3 is 24.3 Å². The molecule has 1 amide bonds. The van der Waals surface area contributed by atoms with E-state index < -0.39 is 24.3 Å². The van der Waals surface area contributed by atoms with Crippen LogP contribution in [0, 0.1) is 5.92 Å². The number of hydrogen-bond donors (Lipinski definition) is 2. The predicted molar refractivity (Wildman–Crippen MR) is 123 cm³/mol. The van der Waals surface area contributed by atoms with E-state index in [9.17, 15) is 31.1 Å².